The number of nitriles is 2. The maximum Gasteiger partial charge on any atom is 0.326 e. The van der Waals surface area contributed by atoms with E-state index >= 15 is 0 Å². The third kappa shape index (κ3) is 1.71. The van der Waals surface area contributed by atoms with Gasteiger partial charge in [-0.1, -0.05) is 23.7 Å². The highest BCUT2D eigenvalue weighted by molar-refractivity contribution is 6.30. The van der Waals surface area contributed by atoms with Crippen molar-refractivity contribution < 1.29 is 19.1 Å². The average Bonchev–Trinajstić information content (AvgIpc) is 3.18. The molecule has 112 valence electrons. The van der Waals surface area contributed by atoms with Gasteiger partial charge in [-0.2, -0.15) is 10.5 Å². The van der Waals surface area contributed by atoms with E-state index in [0.717, 1.165) is 14.2 Å². The highest BCUT2D eigenvalue weighted by Crippen LogP contribution is 2.74. The predicted octanol–water partition coefficient (Wildman–Crippen LogP) is 1.80. The van der Waals surface area contributed by atoms with Crippen LogP contribution in [0.5, 0.6) is 0 Å². The fourth-order valence-electron chi connectivity index (χ4n) is 2.92. The molecule has 0 amide bonds. The minimum Gasteiger partial charge on any atom is -0.468 e. The topological polar surface area (TPSA) is 100 Å². The second-order valence-corrected chi connectivity index (χ2v) is 5.24. The fourth-order valence-corrected chi connectivity index (χ4v) is 3.05. The van der Waals surface area contributed by atoms with Gasteiger partial charge in [0.05, 0.1) is 26.4 Å². The van der Waals surface area contributed by atoms with Crippen LogP contribution in [0.4, 0.5) is 0 Å². The Morgan fingerprint density at radius 3 is 1.91 bits per heavy atom. The van der Waals surface area contributed by atoms with Gasteiger partial charge < -0.3 is 9.47 Å². The van der Waals surface area contributed by atoms with E-state index in [1.54, 1.807) is 36.4 Å². The molecule has 1 saturated carbocycles. The summed E-state index contributed by atoms with van der Waals surface area (Å²) in [5.74, 6) is -2.92. The van der Waals surface area contributed by atoms with Crippen LogP contribution in [0, 0.1) is 33.5 Å². The Hall–Kier alpha value is -2.57. The van der Waals surface area contributed by atoms with Crippen molar-refractivity contribution in [3.05, 3.63) is 34.9 Å². The number of ether oxygens (including phenoxy) is 2. The quantitative estimate of drug-likeness (QED) is 0.622. The monoisotopic (exact) mass is 318 g/mol. The SMILES string of the molecule is COC(=O)C1(C(=O)OC)[C@H](c2ccc(Cl)cc2)C1(C#N)C#N. The summed E-state index contributed by atoms with van der Waals surface area (Å²) in [6.45, 7) is 0. The van der Waals surface area contributed by atoms with Crippen molar-refractivity contribution in [2.45, 2.75) is 5.92 Å². The molecule has 7 heteroatoms. The van der Waals surface area contributed by atoms with Gasteiger partial charge in [0.25, 0.3) is 0 Å². The van der Waals surface area contributed by atoms with E-state index in [0.29, 0.717) is 10.6 Å². The van der Waals surface area contributed by atoms with Crippen LogP contribution in [0.25, 0.3) is 0 Å². The number of hydrogen-bond donors (Lipinski definition) is 0. The molecular weight excluding hydrogens is 308 g/mol. The van der Waals surface area contributed by atoms with Gasteiger partial charge in [0.2, 0.25) is 5.41 Å². The van der Waals surface area contributed by atoms with Gasteiger partial charge in [0.15, 0.2) is 5.41 Å². The van der Waals surface area contributed by atoms with Crippen LogP contribution < -0.4 is 0 Å². The van der Waals surface area contributed by atoms with E-state index in [2.05, 4.69) is 9.47 Å². The van der Waals surface area contributed by atoms with E-state index in [9.17, 15) is 20.1 Å². The van der Waals surface area contributed by atoms with Gasteiger partial charge in [-0.15, -0.1) is 0 Å². The Balaban J connectivity index is 2.68. The van der Waals surface area contributed by atoms with Crippen molar-refractivity contribution in [1.82, 2.24) is 0 Å². The van der Waals surface area contributed by atoms with Crippen molar-refractivity contribution in [2.75, 3.05) is 14.2 Å². The minimum absolute atomic E-state index is 0.450. The standard InChI is InChI=1S/C15H11ClN2O4/c1-21-12(19)15(13(20)22-2)11(14(15,7-17)8-18)9-3-5-10(16)6-4-9/h3-6,11H,1-2H3/t11-/m1/s1. The first-order valence-corrected chi connectivity index (χ1v) is 6.58. The molecule has 0 bridgehead atoms. The van der Waals surface area contributed by atoms with Crippen LogP contribution in [0.3, 0.4) is 0 Å². The largest absolute Gasteiger partial charge is 0.468 e. The summed E-state index contributed by atoms with van der Waals surface area (Å²) in [5.41, 5.74) is -3.40. The Morgan fingerprint density at radius 1 is 1.09 bits per heavy atom. The number of benzene rings is 1. The zero-order valence-electron chi connectivity index (χ0n) is 11.8. The van der Waals surface area contributed by atoms with Gasteiger partial charge in [-0.3, -0.25) is 9.59 Å². The Labute approximate surface area is 131 Å². The zero-order valence-corrected chi connectivity index (χ0v) is 12.5. The van der Waals surface area contributed by atoms with Crippen molar-refractivity contribution in [1.29, 1.82) is 10.5 Å². The molecule has 0 heterocycles. The van der Waals surface area contributed by atoms with Crippen molar-refractivity contribution >= 4 is 23.5 Å². The molecule has 2 rings (SSSR count). The van der Waals surface area contributed by atoms with E-state index in [1.807, 2.05) is 0 Å². The molecular formula is C15H11ClN2O4. The summed E-state index contributed by atoms with van der Waals surface area (Å²) in [6.07, 6.45) is 0. The maximum absolute atomic E-state index is 12.2. The molecule has 0 aromatic heterocycles. The fraction of sp³-hybridized carbons (Fsp3) is 0.333. The lowest BCUT2D eigenvalue weighted by Crippen LogP contribution is -2.34. The summed E-state index contributed by atoms with van der Waals surface area (Å²) in [6, 6.07) is 9.80. The van der Waals surface area contributed by atoms with E-state index in [-0.39, 0.29) is 0 Å². The van der Waals surface area contributed by atoms with Crippen molar-refractivity contribution in [2.24, 2.45) is 10.8 Å². The first-order chi connectivity index (χ1) is 10.5. The van der Waals surface area contributed by atoms with Crippen LogP contribution in [0.15, 0.2) is 24.3 Å². The molecule has 6 nitrogen and oxygen atoms in total. The first kappa shape index (κ1) is 15.8. The van der Waals surface area contributed by atoms with E-state index < -0.39 is 28.7 Å². The maximum atomic E-state index is 12.2. The number of carbonyl (C=O) groups excluding carboxylic acids is 2. The van der Waals surface area contributed by atoms with Gasteiger partial charge in [0.1, 0.15) is 0 Å². The van der Waals surface area contributed by atoms with Gasteiger partial charge >= 0.3 is 11.9 Å². The lowest BCUT2D eigenvalue weighted by Gasteiger charge is -2.12. The van der Waals surface area contributed by atoms with Crippen LogP contribution in [0.1, 0.15) is 11.5 Å². The van der Waals surface area contributed by atoms with Crippen LogP contribution >= 0.6 is 11.6 Å². The molecule has 1 aromatic rings. The Bertz CT molecular complexity index is 685. The molecule has 1 aliphatic carbocycles. The highest BCUT2D eigenvalue weighted by atomic mass is 35.5. The average molecular weight is 319 g/mol. The van der Waals surface area contributed by atoms with Crippen molar-refractivity contribution in [3.63, 3.8) is 0 Å². The molecule has 1 fully saturated rings. The molecule has 0 N–H and O–H groups in total. The summed E-state index contributed by atoms with van der Waals surface area (Å²) in [5, 5.41) is 19.4. The molecule has 22 heavy (non-hydrogen) atoms. The van der Waals surface area contributed by atoms with Gasteiger partial charge in [-0.05, 0) is 17.7 Å². The van der Waals surface area contributed by atoms with Gasteiger partial charge in [0, 0.05) is 10.9 Å². The molecule has 1 atom stereocenters. The number of hydrogen-bond acceptors (Lipinski definition) is 6. The predicted molar refractivity (Wildman–Crippen MR) is 74.3 cm³/mol. The van der Waals surface area contributed by atoms with Crippen molar-refractivity contribution in [3.8, 4) is 12.1 Å². The van der Waals surface area contributed by atoms with E-state index in [4.69, 9.17) is 11.6 Å². The number of nitrogens with zero attached hydrogens (tertiary/aromatic N) is 2. The zero-order chi connectivity index (χ0) is 16.5. The summed E-state index contributed by atoms with van der Waals surface area (Å²) < 4.78 is 9.33. The number of rotatable bonds is 3. The Kier molecular flexibility index (Phi) is 3.83. The van der Waals surface area contributed by atoms with Crippen LogP contribution in [-0.4, -0.2) is 26.2 Å². The highest BCUT2D eigenvalue weighted by Gasteiger charge is 2.89. The molecule has 1 aromatic carbocycles. The third-order valence-corrected chi connectivity index (χ3v) is 4.23. The summed E-state index contributed by atoms with van der Waals surface area (Å²) in [7, 11) is 2.17. The molecule has 0 radical (unpaired) electrons. The Morgan fingerprint density at radius 2 is 1.55 bits per heavy atom. The normalized spacial score (nSPS) is 20.1. The number of halogens is 1. The molecule has 0 saturated heterocycles. The molecule has 0 aliphatic heterocycles. The first-order valence-electron chi connectivity index (χ1n) is 6.21. The second-order valence-electron chi connectivity index (χ2n) is 4.81. The lowest BCUT2D eigenvalue weighted by atomic mass is 9.95. The number of methoxy groups -OCH3 is 2. The molecule has 1 aliphatic rings. The molecule has 0 unspecified atom stereocenters. The summed E-state index contributed by atoms with van der Waals surface area (Å²) in [4.78, 5) is 24.5. The van der Waals surface area contributed by atoms with E-state index in [1.165, 1.54) is 0 Å². The van der Waals surface area contributed by atoms with Crippen LogP contribution in [0.2, 0.25) is 5.02 Å². The third-order valence-electron chi connectivity index (χ3n) is 3.98. The minimum atomic E-state index is -1.99. The molecule has 0 spiro atoms. The van der Waals surface area contributed by atoms with Gasteiger partial charge in [-0.25, -0.2) is 0 Å². The second kappa shape index (κ2) is 5.32. The smallest absolute Gasteiger partial charge is 0.326 e. The van der Waals surface area contributed by atoms with Crippen LogP contribution in [-0.2, 0) is 19.1 Å². The summed E-state index contributed by atoms with van der Waals surface area (Å²) >= 11 is 5.81. The number of esters is 2. The number of carbonyl (C=O) groups is 2. The lowest BCUT2D eigenvalue weighted by molar-refractivity contribution is -0.162.